The minimum atomic E-state index is -0.159. The summed E-state index contributed by atoms with van der Waals surface area (Å²) in [6.07, 6.45) is 0. The lowest BCUT2D eigenvalue weighted by Gasteiger charge is -2.35. The predicted octanol–water partition coefficient (Wildman–Crippen LogP) is 6.99. The second-order valence-electron chi connectivity index (χ2n) is 9.84. The lowest BCUT2D eigenvalue weighted by Crippen LogP contribution is -2.32. The third-order valence-corrected chi connectivity index (χ3v) is 7.28. The van der Waals surface area contributed by atoms with Crippen molar-refractivity contribution in [3.05, 3.63) is 119 Å². The van der Waals surface area contributed by atoms with E-state index in [1.807, 2.05) is 12.1 Å². The number of ether oxygens (including phenoxy) is 2. The van der Waals surface area contributed by atoms with Crippen LogP contribution in [-0.4, -0.2) is 13.5 Å². The molecule has 0 N–H and O–H groups in total. The van der Waals surface area contributed by atoms with Crippen LogP contribution < -0.4 is 14.5 Å². The third kappa shape index (κ3) is 4.04. The highest BCUT2D eigenvalue weighted by atomic mass is 16.5. The Hall–Kier alpha value is -3.76. The summed E-state index contributed by atoms with van der Waals surface area (Å²) in [7, 11) is 0. The van der Waals surface area contributed by atoms with Crippen LogP contribution in [0.2, 0.25) is 0 Å². The molecular formula is C31H30N2O2. The van der Waals surface area contributed by atoms with E-state index in [1.165, 1.54) is 33.6 Å². The van der Waals surface area contributed by atoms with E-state index in [0.29, 0.717) is 20.1 Å². The van der Waals surface area contributed by atoms with E-state index < -0.39 is 0 Å². The van der Waals surface area contributed by atoms with Crippen LogP contribution in [0.1, 0.15) is 36.1 Å². The van der Waals surface area contributed by atoms with E-state index in [0.717, 1.165) is 18.0 Å². The van der Waals surface area contributed by atoms with Crippen molar-refractivity contribution in [3.8, 4) is 5.75 Å². The highest BCUT2D eigenvalue weighted by Gasteiger charge is 2.28. The Bertz CT molecular complexity index is 1330. The van der Waals surface area contributed by atoms with E-state index in [-0.39, 0.29) is 5.41 Å². The lowest BCUT2D eigenvalue weighted by atomic mass is 9.77. The van der Waals surface area contributed by atoms with E-state index in [4.69, 9.17) is 9.47 Å². The van der Waals surface area contributed by atoms with Crippen LogP contribution in [0.3, 0.4) is 0 Å². The first-order chi connectivity index (χ1) is 17.1. The molecule has 4 nitrogen and oxygen atoms in total. The van der Waals surface area contributed by atoms with Crippen molar-refractivity contribution < 1.29 is 9.47 Å². The third-order valence-electron chi connectivity index (χ3n) is 7.28. The number of para-hydroxylation sites is 2. The van der Waals surface area contributed by atoms with Crippen LogP contribution >= 0.6 is 0 Å². The van der Waals surface area contributed by atoms with Crippen molar-refractivity contribution >= 4 is 17.1 Å². The Balaban J connectivity index is 1.30. The van der Waals surface area contributed by atoms with Gasteiger partial charge < -0.3 is 19.3 Å². The largest absolute Gasteiger partial charge is 0.473 e. The molecule has 4 aromatic carbocycles. The number of hydrogen-bond acceptors (Lipinski definition) is 4. The van der Waals surface area contributed by atoms with Crippen LogP contribution in [0.25, 0.3) is 0 Å². The topological polar surface area (TPSA) is 24.9 Å². The average molecular weight is 463 g/mol. The summed E-state index contributed by atoms with van der Waals surface area (Å²) in [5.74, 6) is 0.981. The summed E-state index contributed by atoms with van der Waals surface area (Å²) in [4.78, 5) is 4.51. The van der Waals surface area contributed by atoms with Gasteiger partial charge in [0.15, 0.2) is 6.73 Å². The van der Waals surface area contributed by atoms with E-state index >= 15 is 0 Å². The highest BCUT2D eigenvalue weighted by Crippen LogP contribution is 2.40. The second kappa shape index (κ2) is 8.79. The molecule has 0 amide bonds. The van der Waals surface area contributed by atoms with Crippen molar-refractivity contribution in [2.24, 2.45) is 0 Å². The SMILES string of the molecule is CC(C)(c1ccc2c(c1)CN(c1ccccc1)CO2)c1ccc2c(c1)COCN2c1ccccc1. The zero-order valence-electron chi connectivity index (χ0n) is 20.3. The number of nitrogens with zero attached hydrogens (tertiary/aromatic N) is 2. The van der Waals surface area contributed by atoms with Gasteiger partial charge in [-0.05, 0) is 53.6 Å². The zero-order valence-corrected chi connectivity index (χ0v) is 20.3. The average Bonchev–Trinajstić information content (AvgIpc) is 2.92. The van der Waals surface area contributed by atoms with Gasteiger partial charge in [-0.25, -0.2) is 0 Å². The number of fused-ring (bicyclic) bond motifs is 2. The van der Waals surface area contributed by atoms with Crippen molar-refractivity contribution in [3.63, 3.8) is 0 Å². The molecule has 176 valence electrons. The first kappa shape index (κ1) is 21.8. The van der Waals surface area contributed by atoms with Gasteiger partial charge in [-0.2, -0.15) is 0 Å². The molecule has 0 spiro atoms. The van der Waals surface area contributed by atoms with Gasteiger partial charge in [0.2, 0.25) is 0 Å². The molecule has 6 rings (SSSR count). The molecule has 0 saturated heterocycles. The number of anilines is 3. The van der Waals surface area contributed by atoms with Crippen LogP contribution in [0.4, 0.5) is 17.1 Å². The molecule has 0 aliphatic carbocycles. The van der Waals surface area contributed by atoms with E-state index in [9.17, 15) is 0 Å². The first-order valence-electron chi connectivity index (χ1n) is 12.2. The van der Waals surface area contributed by atoms with Gasteiger partial charge in [0.25, 0.3) is 0 Å². The Morgan fingerprint density at radius 2 is 1.34 bits per heavy atom. The lowest BCUT2D eigenvalue weighted by molar-refractivity contribution is 0.117. The highest BCUT2D eigenvalue weighted by molar-refractivity contribution is 5.68. The monoisotopic (exact) mass is 462 g/mol. The minimum absolute atomic E-state index is 0.159. The summed E-state index contributed by atoms with van der Waals surface area (Å²) in [6, 6.07) is 34.4. The number of rotatable bonds is 4. The van der Waals surface area contributed by atoms with Gasteiger partial charge in [0.1, 0.15) is 12.5 Å². The molecule has 4 aromatic rings. The molecule has 2 heterocycles. The van der Waals surface area contributed by atoms with Crippen LogP contribution in [0, 0.1) is 0 Å². The van der Waals surface area contributed by atoms with Gasteiger partial charge >= 0.3 is 0 Å². The fourth-order valence-corrected chi connectivity index (χ4v) is 5.09. The normalized spacial score (nSPS) is 15.3. The standard InChI is InChI=1S/C31H30N2O2/c1-31(2,25-13-15-29-24(18-25)20-34-22-33(29)28-11-7-4-8-12-28)26-14-16-30-23(17-26)19-32(21-35-30)27-9-5-3-6-10-27/h3-18H,19-22H2,1-2H3. The Morgan fingerprint density at radius 3 is 2.09 bits per heavy atom. The Labute approximate surface area is 207 Å². The van der Waals surface area contributed by atoms with Crippen LogP contribution in [0.5, 0.6) is 5.75 Å². The van der Waals surface area contributed by atoms with Crippen LogP contribution in [0.15, 0.2) is 97.1 Å². The molecule has 0 unspecified atom stereocenters. The van der Waals surface area contributed by atoms with Crippen LogP contribution in [-0.2, 0) is 23.3 Å². The van der Waals surface area contributed by atoms with Gasteiger partial charge in [-0.3, -0.25) is 0 Å². The first-order valence-corrected chi connectivity index (χ1v) is 12.2. The second-order valence-corrected chi connectivity index (χ2v) is 9.84. The predicted molar refractivity (Wildman–Crippen MR) is 141 cm³/mol. The smallest absolute Gasteiger partial charge is 0.161 e. The summed E-state index contributed by atoms with van der Waals surface area (Å²) in [5, 5.41) is 0. The maximum Gasteiger partial charge on any atom is 0.161 e. The van der Waals surface area contributed by atoms with Crippen molar-refractivity contribution in [1.82, 2.24) is 0 Å². The van der Waals surface area contributed by atoms with Gasteiger partial charge in [0, 0.05) is 40.1 Å². The minimum Gasteiger partial charge on any atom is -0.473 e. The fourth-order valence-electron chi connectivity index (χ4n) is 5.09. The summed E-state index contributed by atoms with van der Waals surface area (Å²) >= 11 is 0. The molecule has 35 heavy (non-hydrogen) atoms. The molecule has 0 saturated carbocycles. The molecule has 0 aromatic heterocycles. The van der Waals surface area contributed by atoms with E-state index in [1.54, 1.807) is 0 Å². The van der Waals surface area contributed by atoms with E-state index in [2.05, 4.69) is 109 Å². The molecule has 0 bridgehead atoms. The molecule has 0 atom stereocenters. The molecule has 2 aliphatic heterocycles. The van der Waals surface area contributed by atoms with Gasteiger partial charge in [-0.15, -0.1) is 0 Å². The van der Waals surface area contributed by atoms with Gasteiger partial charge in [-0.1, -0.05) is 68.4 Å². The van der Waals surface area contributed by atoms with Crippen molar-refractivity contribution in [2.45, 2.75) is 32.4 Å². The Kier molecular flexibility index (Phi) is 5.46. The quantitative estimate of drug-likeness (QED) is 0.326. The zero-order chi connectivity index (χ0) is 23.8. The molecule has 4 heteroatoms. The molecule has 0 fully saturated rings. The van der Waals surface area contributed by atoms with Crippen molar-refractivity contribution in [1.29, 1.82) is 0 Å². The summed E-state index contributed by atoms with van der Waals surface area (Å²) in [6.45, 7) is 7.21. The number of hydrogen-bond donors (Lipinski definition) is 0. The maximum absolute atomic E-state index is 6.10. The summed E-state index contributed by atoms with van der Waals surface area (Å²) < 4.78 is 12.1. The molecule has 2 aliphatic rings. The van der Waals surface area contributed by atoms with Crippen molar-refractivity contribution in [2.75, 3.05) is 23.3 Å². The molecular weight excluding hydrogens is 432 g/mol. The Morgan fingerprint density at radius 1 is 0.686 bits per heavy atom. The number of benzene rings is 4. The molecule has 0 radical (unpaired) electrons. The maximum atomic E-state index is 6.10. The summed E-state index contributed by atoms with van der Waals surface area (Å²) in [5.41, 5.74) is 8.41. The van der Waals surface area contributed by atoms with Gasteiger partial charge in [0.05, 0.1) is 6.61 Å². The fraction of sp³-hybridized carbons (Fsp3) is 0.226.